The van der Waals surface area contributed by atoms with E-state index in [0.717, 1.165) is 50.0 Å². The van der Waals surface area contributed by atoms with Gasteiger partial charge < -0.3 is 4.98 Å². The molecule has 8 aromatic rings. The molecule has 5 aromatic carbocycles. The Labute approximate surface area is 354 Å². The quantitative estimate of drug-likeness (QED) is 0.118. The molecule has 0 unspecified atom stereocenters. The van der Waals surface area contributed by atoms with Crippen LogP contribution >= 0.6 is 0 Å². The Kier molecular flexibility index (Phi) is 11.3. The van der Waals surface area contributed by atoms with Gasteiger partial charge in [-0.25, -0.2) is 0 Å². The van der Waals surface area contributed by atoms with E-state index in [0.29, 0.717) is 17.0 Å². The van der Waals surface area contributed by atoms with Gasteiger partial charge in [0.15, 0.2) is 0 Å². The zero-order chi connectivity index (χ0) is 41.4. The molecule has 0 N–H and O–H groups in total. The fourth-order valence-corrected chi connectivity index (χ4v) is 10.2. The standard InChI is InChI=1S/C29H28GeNO.C21H22NSi.Ir/c1-19(2)21-15-16-31-27(17-21)26-8-6-7-25-24-14-11-22(18-28(24)32-29(25)26)20-9-12-23(13-10-20)30(3,4)5;1-16-10-11-18(14-20(16)17-8-6-5-7-9-17)21-13-12-19(15-22-21)23(2,3)4;/h6-7,9-19H,1-5H3;5-10,12-15H,1-4H3;/q2*-1;/i;1D3;. The van der Waals surface area contributed by atoms with Crippen LogP contribution in [0.4, 0.5) is 0 Å². The predicted octanol–water partition coefficient (Wildman–Crippen LogP) is 12.9. The molecule has 0 aliphatic heterocycles. The van der Waals surface area contributed by atoms with Crippen LogP contribution in [0.5, 0.6) is 0 Å². The van der Waals surface area contributed by atoms with E-state index in [1.807, 2.05) is 60.9 Å². The van der Waals surface area contributed by atoms with Crippen molar-refractivity contribution in [2.45, 2.75) is 63.5 Å². The number of benzene rings is 5. The summed E-state index contributed by atoms with van der Waals surface area (Å²) in [6.45, 7) is 9.07. The van der Waals surface area contributed by atoms with Gasteiger partial charge in [0.25, 0.3) is 0 Å². The molecule has 285 valence electrons. The van der Waals surface area contributed by atoms with Crippen molar-refractivity contribution < 1.29 is 28.6 Å². The minimum atomic E-state index is -2.19. The van der Waals surface area contributed by atoms with Gasteiger partial charge in [-0.2, -0.15) is 0 Å². The van der Waals surface area contributed by atoms with Crippen LogP contribution in [0.1, 0.15) is 35.0 Å². The molecule has 0 aliphatic rings. The number of rotatable bonds is 7. The molecule has 0 atom stereocenters. The number of furan rings is 1. The predicted molar refractivity (Wildman–Crippen MR) is 240 cm³/mol. The third-order valence-corrected chi connectivity index (χ3v) is 16.5. The second-order valence-corrected chi connectivity index (χ2v) is 32.3. The number of aromatic nitrogens is 2. The third-order valence-electron chi connectivity index (χ3n) is 10.2. The van der Waals surface area contributed by atoms with Crippen molar-refractivity contribution in [3.8, 4) is 44.8 Å². The molecule has 8 rings (SSSR count). The van der Waals surface area contributed by atoms with Gasteiger partial charge in [0.05, 0.1) is 8.07 Å². The number of fused-ring (bicyclic) bond motifs is 3. The Morgan fingerprint density at radius 1 is 0.732 bits per heavy atom. The van der Waals surface area contributed by atoms with Crippen LogP contribution in [0, 0.1) is 19.0 Å². The van der Waals surface area contributed by atoms with E-state index in [4.69, 9.17) is 8.53 Å². The van der Waals surface area contributed by atoms with Crippen molar-refractivity contribution in [1.29, 1.82) is 0 Å². The molecule has 0 fully saturated rings. The van der Waals surface area contributed by atoms with E-state index in [1.165, 1.54) is 26.3 Å². The van der Waals surface area contributed by atoms with Crippen molar-refractivity contribution in [1.82, 2.24) is 9.97 Å². The topological polar surface area (TPSA) is 38.9 Å². The summed E-state index contributed by atoms with van der Waals surface area (Å²) in [5, 5.41) is 3.53. The maximum absolute atomic E-state index is 7.84. The summed E-state index contributed by atoms with van der Waals surface area (Å²) in [6.07, 6.45) is 3.82. The van der Waals surface area contributed by atoms with Gasteiger partial charge in [-0.05, 0) is 28.4 Å². The van der Waals surface area contributed by atoms with Crippen LogP contribution in [-0.2, 0) is 20.1 Å². The van der Waals surface area contributed by atoms with Gasteiger partial charge in [0.2, 0.25) is 0 Å². The summed E-state index contributed by atoms with van der Waals surface area (Å²) in [6, 6.07) is 47.6. The summed E-state index contributed by atoms with van der Waals surface area (Å²) in [5.41, 5.74) is 10.8. The Hall–Kier alpha value is -4.39. The summed E-state index contributed by atoms with van der Waals surface area (Å²) >= 11 is -1.81. The van der Waals surface area contributed by atoms with Crippen LogP contribution in [0.25, 0.3) is 66.7 Å². The average molecular weight is 991 g/mol. The molecule has 0 amide bonds. The van der Waals surface area contributed by atoms with Crippen LogP contribution < -0.4 is 9.58 Å². The van der Waals surface area contributed by atoms with E-state index in [9.17, 15) is 0 Å². The van der Waals surface area contributed by atoms with Crippen molar-refractivity contribution >= 4 is 52.9 Å². The number of aryl methyl sites for hydroxylation is 1. The van der Waals surface area contributed by atoms with Gasteiger partial charge in [0, 0.05) is 36.6 Å². The van der Waals surface area contributed by atoms with Gasteiger partial charge in [-0.15, -0.1) is 29.3 Å². The number of nitrogens with zero attached hydrogens (tertiary/aromatic N) is 2. The first kappa shape index (κ1) is 37.2. The summed E-state index contributed by atoms with van der Waals surface area (Å²) in [4.78, 5) is 9.22. The van der Waals surface area contributed by atoms with Gasteiger partial charge in [-0.1, -0.05) is 93.9 Å². The molecular formula is C50H50GeIrN2OSi-2. The van der Waals surface area contributed by atoms with E-state index in [2.05, 4.69) is 140 Å². The normalized spacial score (nSPS) is 12.7. The summed E-state index contributed by atoms with van der Waals surface area (Å²) < 4.78 is 31.5. The minimum absolute atomic E-state index is 0. The fraction of sp³-hybridized carbons (Fsp3) is 0.200. The SMILES string of the molecule is CC(C)c1ccnc(-c2[c-]ccc3c2oc2cc(-c4cc[c]([Ge]([CH3])([CH3])[CH3])cc4)ccc23)c1.[2H]C([2H])([2H])c1c[c-]c(-c2ccc([Si](C)(C)C)cn2)cc1-c1ccccc1.[Ir]. The van der Waals surface area contributed by atoms with E-state index < -0.39 is 28.2 Å². The number of hydrogen-bond acceptors (Lipinski definition) is 3. The van der Waals surface area contributed by atoms with Crippen molar-refractivity contribution in [2.24, 2.45) is 0 Å². The van der Waals surface area contributed by atoms with Crippen molar-refractivity contribution in [3.63, 3.8) is 0 Å². The molecule has 0 saturated carbocycles. The molecule has 56 heavy (non-hydrogen) atoms. The Morgan fingerprint density at radius 3 is 2.14 bits per heavy atom. The van der Waals surface area contributed by atoms with Gasteiger partial charge in [-0.3, -0.25) is 0 Å². The second-order valence-electron chi connectivity index (χ2n) is 16.6. The molecule has 0 aliphatic carbocycles. The van der Waals surface area contributed by atoms with Crippen molar-refractivity contribution in [3.05, 3.63) is 157 Å². The fourth-order valence-electron chi connectivity index (χ4n) is 6.71. The maximum atomic E-state index is 7.84. The molecule has 3 nitrogen and oxygen atoms in total. The van der Waals surface area contributed by atoms with Crippen LogP contribution in [0.15, 0.2) is 138 Å². The summed E-state index contributed by atoms with van der Waals surface area (Å²) in [7, 11) is -1.40. The van der Waals surface area contributed by atoms with Crippen LogP contribution in [-0.4, -0.2) is 31.3 Å². The van der Waals surface area contributed by atoms with Crippen molar-refractivity contribution in [2.75, 3.05) is 0 Å². The van der Waals surface area contributed by atoms with Crippen LogP contribution in [0.3, 0.4) is 0 Å². The summed E-state index contributed by atoms with van der Waals surface area (Å²) in [5.74, 6) is 7.73. The molecule has 0 spiro atoms. The first-order chi connectivity index (χ1) is 27.5. The van der Waals surface area contributed by atoms with E-state index >= 15 is 0 Å². The first-order valence-electron chi connectivity index (χ1n) is 20.5. The van der Waals surface area contributed by atoms with E-state index in [1.54, 1.807) is 6.07 Å². The molecule has 1 radical (unpaired) electrons. The monoisotopic (exact) mass is 992 g/mol. The molecule has 0 saturated heterocycles. The van der Waals surface area contributed by atoms with E-state index in [-0.39, 0.29) is 20.1 Å². The number of hydrogen-bond donors (Lipinski definition) is 0. The second kappa shape index (κ2) is 17.0. The third kappa shape index (κ3) is 9.08. The molecule has 6 heteroatoms. The average Bonchev–Trinajstić information content (AvgIpc) is 3.59. The minimum Gasteiger partial charge on any atom is -0.305 e. The Morgan fingerprint density at radius 2 is 1.48 bits per heavy atom. The Balaban J connectivity index is 0.000000199. The number of pyridine rings is 2. The Bertz CT molecular complexity index is 2700. The zero-order valence-electron chi connectivity index (χ0n) is 36.4. The molecule has 3 aromatic heterocycles. The molecular weight excluding hydrogens is 937 g/mol. The first-order valence-corrected chi connectivity index (χ1v) is 29.8. The van der Waals surface area contributed by atoms with Gasteiger partial charge in [0.1, 0.15) is 0 Å². The van der Waals surface area contributed by atoms with Gasteiger partial charge >= 0.3 is 155 Å². The zero-order valence-corrected chi connectivity index (χ0v) is 38.9. The smallest absolute Gasteiger partial charge is 0.305 e. The molecule has 3 heterocycles. The van der Waals surface area contributed by atoms with Crippen LogP contribution in [0.2, 0.25) is 36.9 Å². The molecule has 0 bridgehead atoms.